The second-order valence-corrected chi connectivity index (χ2v) is 6.11. The molecule has 0 saturated heterocycles. The molecule has 2 rings (SSSR count). The summed E-state index contributed by atoms with van der Waals surface area (Å²) in [6, 6.07) is 4.79. The molecule has 0 aliphatic rings. The summed E-state index contributed by atoms with van der Waals surface area (Å²) in [5.74, 6) is 0. The van der Waals surface area contributed by atoms with Crippen LogP contribution in [0.3, 0.4) is 0 Å². The Labute approximate surface area is 125 Å². The van der Waals surface area contributed by atoms with Crippen molar-refractivity contribution in [3.05, 3.63) is 29.8 Å². The van der Waals surface area contributed by atoms with Crippen molar-refractivity contribution in [1.82, 2.24) is 8.75 Å². The number of nitrogens with zero attached hydrogens (tertiary/aromatic N) is 3. The highest BCUT2D eigenvalue weighted by atomic mass is 32.2. The summed E-state index contributed by atoms with van der Waals surface area (Å²) in [5.41, 5.74) is 0.433. The number of aromatic nitrogens is 2. The molecule has 0 amide bonds. The lowest BCUT2D eigenvalue weighted by atomic mass is 10.1. The van der Waals surface area contributed by atoms with E-state index in [1.165, 1.54) is 23.9 Å². The fourth-order valence-corrected chi connectivity index (χ4v) is 3.42. The monoisotopic (exact) mass is 333 g/mol. The molecule has 0 atom stereocenters. The summed E-state index contributed by atoms with van der Waals surface area (Å²) in [7, 11) is 0. The van der Waals surface area contributed by atoms with Gasteiger partial charge >= 0.3 is 6.18 Å². The Morgan fingerprint density at radius 3 is 2.50 bits per heavy atom. The zero-order valence-corrected chi connectivity index (χ0v) is 12.2. The Kier molecular flexibility index (Phi) is 4.91. The average molecular weight is 333 g/mol. The quantitative estimate of drug-likeness (QED) is 0.357. The highest BCUT2D eigenvalue weighted by molar-refractivity contribution is 8.18. The Balaban J connectivity index is 2.20. The molecule has 104 valence electrons. The van der Waals surface area contributed by atoms with Crippen LogP contribution in [0.1, 0.15) is 5.56 Å². The number of benzene rings is 1. The molecular weight excluding hydrogens is 327 g/mol. The van der Waals surface area contributed by atoms with Crippen molar-refractivity contribution in [3.8, 4) is 16.7 Å². The van der Waals surface area contributed by atoms with E-state index in [1.54, 1.807) is 0 Å². The van der Waals surface area contributed by atoms with Crippen LogP contribution in [0.15, 0.2) is 29.3 Å². The molecular formula is C11H6F3N3S3. The normalized spacial score (nSPS) is 11.3. The van der Waals surface area contributed by atoms with Crippen molar-refractivity contribution < 1.29 is 13.2 Å². The van der Waals surface area contributed by atoms with Gasteiger partial charge < -0.3 is 0 Å². The average Bonchev–Trinajstić information content (AvgIpc) is 2.87. The Bertz CT molecular complexity index is 616. The van der Waals surface area contributed by atoms with Gasteiger partial charge in [0.05, 0.1) is 22.4 Å². The molecule has 0 fully saturated rings. The third-order valence-electron chi connectivity index (χ3n) is 2.26. The molecule has 9 heteroatoms. The largest absolute Gasteiger partial charge is 0.416 e. The first-order valence-corrected chi connectivity index (χ1v) is 7.86. The highest BCUT2D eigenvalue weighted by Crippen LogP contribution is 2.34. The predicted molar refractivity (Wildman–Crippen MR) is 74.3 cm³/mol. The first-order valence-electron chi connectivity index (χ1n) is 5.16. The molecule has 0 bridgehead atoms. The first kappa shape index (κ1) is 15.2. The first-order chi connectivity index (χ1) is 9.52. The Morgan fingerprint density at radius 1 is 1.20 bits per heavy atom. The fourth-order valence-electron chi connectivity index (χ4n) is 1.38. The van der Waals surface area contributed by atoms with Crippen molar-refractivity contribution >= 4 is 35.3 Å². The Hall–Kier alpha value is -1.24. The number of nitriles is 1. The van der Waals surface area contributed by atoms with Crippen LogP contribution in [-0.2, 0) is 6.18 Å². The van der Waals surface area contributed by atoms with E-state index in [2.05, 4.69) is 8.75 Å². The van der Waals surface area contributed by atoms with Crippen molar-refractivity contribution in [3.63, 3.8) is 0 Å². The van der Waals surface area contributed by atoms with Crippen LogP contribution < -0.4 is 0 Å². The van der Waals surface area contributed by atoms with Gasteiger partial charge in [-0.15, -0.1) is 0 Å². The number of thiocyanates is 1. The van der Waals surface area contributed by atoms with Crippen LogP contribution in [0.25, 0.3) is 11.3 Å². The van der Waals surface area contributed by atoms with Crippen LogP contribution in [-0.4, -0.2) is 13.8 Å². The lowest BCUT2D eigenvalue weighted by Crippen LogP contribution is -2.04. The number of hydrogen-bond acceptors (Lipinski definition) is 6. The minimum Gasteiger partial charge on any atom is -0.185 e. The van der Waals surface area contributed by atoms with Gasteiger partial charge in [0, 0.05) is 5.56 Å². The molecule has 0 aliphatic heterocycles. The van der Waals surface area contributed by atoms with E-state index in [-0.39, 0.29) is 0 Å². The topological polar surface area (TPSA) is 49.6 Å². The van der Waals surface area contributed by atoms with E-state index >= 15 is 0 Å². The molecule has 1 aromatic heterocycles. The molecule has 1 heterocycles. The zero-order valence-electron chi connectivity index (χ0n) is 9.72. The highest BCUT2D eigenvalue weighted by Gasteiger charge is 2.30. The maximum atomic E-state index is 12.5. The SMILES string of the molecule is N#CSCSc1nsnc1-c1ccc(C(F)(F)F)cc1. The van der Waals surface area contributed by atoms with Crippen LogP contribution in [0.5, 0.6) is 0 Å². The lowest BCUT2D eigenvalue weighted by Gasteiger charge is -2.07. The summed E-state index contributed by atoms with van der Waals surface area (Å²) < 4.78 is 45.6. The van der Waals surface area contributed by atoms with Crippen LogP contribution >= 0.6 is 35.3 Å². The van der Waals surface area contributed by atoms with Gasteiger partial charge in [0.15, 0.2) is 0 Å². The fraction of sp³-hybridized carbons (Fsp3) is 0.182. The molecule has 0 radical (unpaired) electrons. The third kappa shape index (κ3) is 3.65. The van der Waals surface area contributed by atoms with Gasteiger partial charge in [-0.1, -0.05) is 23.9 Å². The minimum atomic E-state index is -4.35. The molecule has 3 nitrogen and oxygen atoms in total. The number of rotatable bonds is 4. The number of alkyl halides is 3. The molecule has 0 N–H and O–H groups in total. The van der Waals surface area contributed by atoms with Gasteiger partial charge in [0.25, 0.3) is 0 Å². The smallest absolute Gasteiger partial charge is 0.185 e. The van der Waals surface area contributed by atoms with Gasteiger partial charge in [-0.05, 0) is 23.9 Å². The molecule has 0 saturated carbocycles. The van der Waals surface area contributed by atoms with Crippen LogP contribution in [0.2, 0.25) is 0 Å². The summed E-state index contributed by atoms with van der Waals surface area (Å²) in [5, 5.41) is 11.5. The second-order valence-electron chi connectivity index (χ2n) is 3.49. The summed E-state index contributed by atoms with van der Waals surface area (Å²) >= 11 is 3.40. The van der Waals surface area contributed by atoms with Gasteiger partial charge in [-0.3, -0.25) is 0 Å². The molecule has 0 spiro atoms. The predicted octanol–water partition coefficient (Wildman–Crippen LogP) is 4.49. The summed E-state index contributed by atoms with van der Waals surface area (Å²) in [6.45, 7) is 0. The van der Waals surface area contributed by atoms with Gasteiger partial charge in [-0.25, -0.2) is 0 Å². The summed E-state index contributed by atoms with van der Waals surface area (Å²) in [6.07, 6.45) is -4.35. The van der Waals surface area contributed by atoms with E-state index in [4.69, 9.17) is 5.26 Å². The minimum absolute atomic E-state index is 0.496. The molecule has 1 aromatic carbocycles. The van der Waals surface area contributed by atoms with Crippen molar-refractivity contribution in [2.45, 2.75) is 11.2 Å². The Morgan fingerprint density at radius 2 is 1.90 bits per heavy atom. The van der Waals surface area contributed by atoms with Gasteiger partial charge in [0.2, 0.25) is 0 Å². The molecule has 20 heavy (non-hydrogen) atoms. The standard InChI is InChI=1S/C11H6F3N3S3/c12-11(13,14)8-3-1-7(2-4-8)9-10(17-20-16-9)19-6-18-5-15/h1-4H,6H2. The number of thioether (sulfide) groups is 2. The molecule has 2 aromatic rings. The van der Waals surface area contributed by atoms with Crippen molar-refractivity contribution in [1.29, 1.82) is 5.26 Å². The molecule has 0 unspecified atom stereocenters. The maximum absolute atomic E-state index is 12.5. The number of hydrogen-bond donors (Lipinski definition) is 0. The molecule has 0 aliphatic carbocycles. The van der Waals surface area contributed by atoms with Crippen molar-refractivity contribution in [2.75, 3.05) is 5.08 Å². The van der Waals surface area contributed by atoms with E-state index in [9.17, 15) is 13.2 Å². The van der Waals surface area contributed by atoms with Crippen molar-refractivity contribution in [2.24, 2.45) is 0 Å². The number of halogens is 3. The maximum Gasteiger partial charge on any atom is 0.416 e. The van der Waals surface area contributed by atoms with Crippen LogP contribution in [0, 0.1) is 10.7 Å². The van der Waals surface area contributed by atoms with E-state index < -0.39 is 11.7 Å². The third-order valence-corrected chi connectivity index (χ3v) is 4.54. The van der Waals surface area contributed by atoms with E-state index in [0.717, 1.165) is 35.6 Å². The second kappa shape index (κ2) is 6.47. The van der Waals surface area contributed by atoms with Crippen LogP contribution in [0.4, 0.5) is 13.2 Å². The summed E-state index contributed by atoms with van der Waals surface area (Å²) in [4.78, 5) is 0. The van der Waals surface area contributed by atoms with Gasteiger partial charge in [-0.2, -0.15) is 27.2 Å². The van der Waals surface area contributed by atoms with E-state index in [0.29, 0.717) is 21.4 Å². The zero-order chi connectivity index (χ0) is 14.6. The van der Waals surface area contributed by atoms with E-state index in [1.807, 2.05) is 5.40 Å². The van der Waals surface area contributed by atoms with Gasteiger partial charge in [0.1, 0.15) is 16.1 Å². The lowest BCUT2D eigenvalue weighted by molar-refractivity contribution is -0.137.